The van der Waals surface area contributed by atoms with E-state index in [0.29, 0.717) is 19.5 Å². The lowest BCUT2D eigenvalue weighted by molar-refractivity contribution is -0.128. The number of hydrogen-bond acceptors (Lipinski definition) is 4. The maximum Gasteiger partial charge on any atom is 0.222 e. The molecule has 0 spiro atoms. The van der Waals surface area contributed by atoms with Crippen LogP contribution in [0.5, 0.6) is 0 Å². The topological polar surface area (TPSA) is 75.2 Å². The van der Waals surface area contributed by atoms with Crippen LogP contribution in [0, 0.1) is 0 Å². The Hall–Kier alpha value is -2.12. The van der Waals surface area contributed by atoms with E-state index in [0.717, 1.165) is 58.1 Å². The van der Waals surface area contributed by atoms with Gasteiger partial charge in [-0.2, -0.15) is 0 Å². The van der Waals surface area contributed by atoms with Gasteiger partial charge in [0.05, 0.1) is 12.7 Å². The summed E-state index contributed by atoms with van der Waals surface area (Å²) in [5.41, 5.74) is 2.35. The zero-order valence-corrected chi connectivity index (χ0v) is 16.8. The first-order valence-corrected chi connectivity index (χ1v) is 10.2. The number of amides is 1. The summed E-state index contributed by atoms with van der Waals surface area (Å²) in [6, 6.07) is 8.38. The summed E-state index contributed by atoms with van der Waals surface area (Å²) in [5.74, 6) is 1.04. The summed E-state index contributed by atoms with van der Waals surface area (Å²) in [6.45, 7) is 5.34. The first kappa shape index (κ1) is 20.6. The highest BCUT2D eigenvalue weighted by molar-refractivity contribution is 5.79. The number of aliphatic imine (C=N–C) groups is 1. The fourth-order valence-corrected chi connectivity index (χ4v) is 3.51. The second-order valence-electron chi connectivity index (χ2n) is 7.30. The number of nitrogens with one attached hydrogen (secondary N) is 2. The standard InChI is InChI=1S/C21H32N4O3/c1-22-21(23-9-4-11-28-19-8-12-27-16-19)24-14-17-5-2-6-18(13-17)15-25-10-3-7-20(25)26/h2,5-6,13,19H,3-4,7-12,14-16H2,1H3,(H2,22,23,24). The van der Waals surface area contributed by atoms with Crippen LogP contribution in [-0.2, 0) is 27.4 Å². The number of benzene rings is 1. The van der Waals surface area contributed by atoms with Crippen LogP contribution < -0.4 is 10.6 Å². The third-order valence-corrected chi connectivity index (χ3v) is 5.07. The van der Waals surface area contributed by atoms with Crippen molar-refractivity contribution in [3.05, 3.63) is 35.4 Å². The molecule has 2 N–H and O–H groups in total. The fraction of sp³-hybridized carbons (Fsp3) is 0.619. The minimum atomic E-state index is 0.262. The molecule has 1 aromatic carbocycles. The second-order valence-corrected chi connectivity index (χ2v) is 7.30. The number of guanidine groups is 1. The van der Waals surface area contributed by atoms with E-state index in [1.807, 2.05) is 11.0 Å². The van der Waals surface area contributed by atoms with Gasteiger partial charge in [0.2, 0.25) is 5.91 Å². The predicted octanol–water partition coefficient (Wildman–Crippen LogP) is 1.67. The molecule has 0 radical (unpaired) electrons. The van der Waals surface area contributed by atoms with Crippen LogP contribution in [0.1, 0.15) is 36.8 Å². The van der Waals surface area contributed by atoms with Gasteiger partial charge in [-0.15, -0.1) is 0 Å². The summed E-state index contributed by atoms with van der Waals surface area (Å²) in [5, 5.41) is 6.66. The lowest BCUT2D eigenvalue weighted by Crippen LogP contribution is -2.37. The minimum Gasteiger partial charge on any atom is -0.379 e. The van der Waals surface area contributed by atoms with Crippen molar-refractivity contribution in [2.75, 3.05) is 40.0 Å². The number of likely N-dealkylation sites (tertiary alicyclic amines) is 1. The molecule has 2 aliphatic heterocycles. The second kappa shape index (κ2) is 11.0. The summed E-state index contributed by atoms with van der Waals surface area (Å²) in [6.07, 6.45) is 3.85. The molecule has 0 bridgehead atoms. The fourth-order valence-electron chi connectivity index (χ4n) is 3.51. The van der Waals surface area contributed by atoms with E-state index >= 15 is 0 Å². The molecule has 7 heteroatoms. The quantitative estimate of drug-likeness (QED) is 0.382. The van der Waals surface area contributed by atoms with Crippen LogP contribution >= 0.6 is 0 Å². The molecule has 1 aromatic rings. The van der Waals surface area contributed by atoms with Crippen LogP contribution in [0.2, 0.25) is 0 Å². The predicted molar refractivity (Wildman–Crippen MR) is 109 cm³/mol. The molecule has 2 saturated heterocycles. The molecule has 7 nitrogen and oxygen atoms in total. The van der Waals surface area contributed by atoms with Crippen LogP contribution in [-0.4, -0.2) is 62.8 Å². The minimum absolute atomic E-state index is 0.262. The van der Waals surface area contributed by atoms with E-state index in [-0.39, 0.29) is 12.0 Å². The van der Waals surface area contributed by atoms with Gasteiger partial charge in [-0.05, 0) is 30.4 Å². The molecule has 2 fully saturated rings. The van der Waals surface area contributed by atoms with Crippen molar-refractivity contribution in [2.45, 2.75) is 44.9 Å². The summed E-state index contributed by atoms with van der Waals surface area (Å²) in [4.78, 5) is 18.0. The number of nitrogens with zero attached hydrogens (tertiary/aromatic N) is 2. The number of hydrogen-bond donors (Lipinski definition) is 2. The van der Waals surface area contributed by atoms with Gasteiger partial charge in [0.25, 0.3) is 0 Å². The van der Waals surface area contributed by atoms with Crippen molar-refractivity contribution in [2.24, 2.45) is 4.99 Å². The SMILES string of the molecule is CN=C(NCCCOC1CCOC1)NCc1cccc(CN2CCCC2=O)c1. The van der Waals surface area contributed by atoms with E-state index in [2.05, 4.69) is 33.8 Å². The molecule has 2 aliphatic rings. The summed E-state index contributed by atoms with van der Waals surface area (Å²) >= 11 is 0. The van der Waals surface area contributed by atoms with E-state index in [1.165, 1.54) is 11.1 Å². The molecular formula is C21H32N4O3. The number of rotatable bonds is 9. The third-order valence-electron chi connectivity index (χ3n) is 5.07. The average Bonchev–Trinajstić information content (AvgIpc) is 3.36. The van der Waals surface area contributed by atoms with Gasteiger partial charge >= 0.3 is 0 Å². The first-order chi connectivity index (χ1) is 13.7. The highest BCUT2D eigenvalue weighted by Gasteiger charge is 2.20. The zero-order valence-electron chi connectivity index (χ0n) is 16.8. The number of ether oxygens (including phenoxy) is 2. The van der Waals surface area contributed by atoms with Gasteiger partial charge in [0.1, 0.15) is 0 Å². The van der Waals surface area contributed by atoms with Crippen LogP contribution in [0.25, 0.3) is 0 Å². The van der Waals surface area contributed by atoms with Crippen molar-refractivity contribution in [3.63, 3.8) is 0 Å². The van der Waals surface area contributed by atoms with Crippen LogP contribution in [0.15, 0.2) is 29.3 Å². The highest BCUT2D eigenvalue weighted by atomic mass is 16.5. The van der Waals surface area contributed by atoms with E-state index in [1.54, 1.807) is 7.05 Å². The molecule has 0 aliphatic carbocycles. The highest BCUT2D eigenvalue weighted by Crippen LogP contribution is 2.15. The van der Waals surface area contributed by atoms with E-state index in [4.69, 9.17) is 9.47 Å². The van der Waals surface area contributed by atoms with Gasteiger partial charge in [0, 0.05) is 52.9 Å². The molecule has 154 valence electrons. The molecule has 1 amide bonds. The van der Waals surface area contributed by atoms with Gasteiger partial charge in [-0.25, -0.2) is 0 Å². The van der Waals surface area contributed by atoms with Crippen LogP contribution in [0.4, 0.5) is 0 Å². The summed E-state index contributed by atoms with van der Waals surface area (Å²) < 4.78 is 11.1. The molecular weight excluding hydrogens is 356 g/mol. The number of carbonyl (C=O) groups excluding carboxylic acids is 1. The van der Waals surface area contributed by atoms with Crippen molar-refractivity contribution < 1.29 is 14.3 Å². The normalized spacial score (nSPS) is 20.0. The van der Waals surface area contributed by atoms with Gasteiger partial charge < -0.3 is 25.0 Å². The Balaban J connectivity index is 1.36. The van der Waals surface area contributed by atoms with Gasteiger partial charge in [-0.1, -0.05) is 24.3 Å². The maximum absolute atomic E-state index is 11.8. The van der Waals surface area contributed by atoms with Crippen LogP contribution in [0.3, 0.4) is 0 Å². The van der Waals surface area contributed by atoms with Gasteiger partial charge in [0.15, 0.2) is 5.96 Å². The molecule has 2 heterocycles. The van der Waals surface area contributed by atoms with E-state index < -0.39 is 0 Å². The largest absolute Gasteiger partial charge is 0.379 e. The Morgan fingerprint density at radius 2 is 2.25 bits per heavy atom. The van der Waals surface area contributed by atoms with Crippen molar-refractivity contribution in [1.82, 2.24) is 15.5 Å². The van der Waals surface area contributed by atoms with Crippen molar-refractivity contribution >= 4 is 11.9 Å². The van der Waals surface area contributed by atoms with E-state index in [9.17, 15) is 4.79 Å². The Labute approximate surface area is 167 Å². The average molecular weight is 389 g/mol. The van der Waals surface area contributed by atoms with Crippen molar-refractivity contribution in [1.29, 1.82) is 0 Å². The monoisotopic (exact) mass is 388 g/mol. The molecule has 28 heavy (non-hydrogen) atoms. The molecule has 1 atom stereocenters. The molecule has 1 unspecified atom stereocenters. The zero-order chi connectivity index (χ0) is 19.6. The maximum atomic E-state index is 11.8. The Bertz CT molecular complexity index is 659. The number of carbonyl (C=O) groups is 1. The van der Waals surface area contributed by atoms with Gasteiger partial charge in [-0.3, -0.25) is 9.79 Å². The first-order valence-electron chi connectivity index (χ1n) is 10.2. The Morgan fingerprint density at radius 3 is 3.00 bits per heavy atom. The smallest absolute Gasteiger partial charge is 0.222 e. The summed E-state index contributed by atoms with van der Waals surface area (Å²) in [7, 11) is 1.77. The van der Waals surface area contributed by atoms with Crippen molar-refractivity contribution in [3.8, 4) is 0 Å². The Kier molecular flexibility index (Phi) is 8.11. The Morgan fingerprint density at radius 1 is 1.36 bits per heavy atom. The lowest BCUT2D eigenvalue weighted by atomic mass is 10.1. The molecule has 3 rings (SSSR count). The molecule has 0 saturated carbocycles. The molecule has 0 aromatic heterocycles. The lowest BCUT2D eigenvalue weighted by Gasteiger charge is -2.16. The third kappa shape index (κ3) is 6.49.